The summed E-state index contributed by atoms with van der Waals surface area (Å²) in [6.07, 6.45) is 8.59. The van der Waals surface area contributed by atoms with Crippen molar-refractivity contribution in [3.8, 4) is 0 Å². The van der Waals surface area contributed by atoms with Gasteiger partial charge in [0.15, 0.2) is 5.82 Å². The minimum Gasteiger partial charge on any atom is -0.330 e. The topological polar surface area (TPSA) is 69.6 Å². The summed E-state index contributed by atoms with van der Waals surface area (Å²) in [4.78, 5) is 0. The third-order valence-corrected chi connectivity index (χ3v) is 4.11. The molecule has 1 fully saturated rings. The first-order valence-corrected chi connectivity index (χ1v) is 7.31. The summed E-state index contributed by atoms with van der Waals surface area (Å²) in [5, 5.41) is 12.2. The molecule has 2 atom stereocenters. The molecule has 1 aliphatic rings. The molecule has 18 heavy (non-hydrogen) atoms. The van der Waals surface area contributed by atoms with Crippen molar-refractivity contribution in [2.45, 2.75) is 64.3 Å². The molecular weight excluding hydrogens is 226 g/mol. The lowest BCUT2D eigenvalue weighted by molar-refractivity contribution is 0.299. The van der Waals surface area contributed by atoms with Gasteiger partial charge in [-0.3, -0.25) is 0 Å². The molecule has 2 rings (SSSR count). The van der Waals surface area contributed by atoms with E-state index in [0.717, 1.165) is 37.7 Å². The van der Waals surface area contributed by atoms with E-state index in [9.17, 15) is 0 Å². The Bertz CT molecular complexity index is 349. The Kier molecular flexibility index (Phi) is 5.11. The van der Waals surface area contributed by atoms with Gasteiger partial charge in [0.25, 0.3) is 0 Å². The van der Waals surface area contributed by atoms with Crippen LogP contribution >= 0.6 is 0 Å². The summed E-state index contributed by atoms with van der Waals surface area (Å²) in [6.45, 7) is 3.95. The molecule has 0 spiro atoms. The fourth-order valence-corrected chi connectivity index (χ4v) is 2.97. The van der Waals surface area contributed by atoms with Crippen molar-refractivity contribution in [2.75, 3.05) is 6.54 Å². The molecule has 102 valence electrons. The second-order valence-electron chi connectivity index (χ2n) is 5.39. The summed E-state index contributed by atoms with van der Waals surface area (Å²) in [5.74, 6) is 2.53. The molecule has 2 unspecified atom stereocenters. The molecule has 5 nitrogen and oxygen atoms in total. The maximum absolute atomic E-state index is 5.52. The van der Waals surface area contributed by atoms with Gasteiger partial charge in [-0.2, -0.15) is 0 Å². The Hall–Kier alpha value is -0.970. The summed E-state index contributed by atoms with van der Waals surface area (Å²) < 4.78 is 2.00. The molecule has 0 saturated heterocycles. The molecule has 1 aliphatic carbocycles. The number of aryl methyl sites for hydroxylation is 1. The van der Waals surface area contributed by atoms with Crippen molar-refractivity contribution in [1.82, 2.24) is 20.2 Å². The lowest BCUT2D eigenvalue weighted by Crippen LogP contribution is -2.18. The van der Waals surface area contributed by atoms with Gasteiger partial charge in [-0.25, -0.2) is 4.68 Å². The second kappa shape index (κ2) is 6.83. The number of nitrogens with two attached hydrogens (primary N) is 1. The zero-order valence-electron chi connectivity index (χ0n) is 11.4. The monoisotopic (exact) mass is 251 g/mol. The van der Waals surface area contributed by atoms with E-state index in [-0.39, 0.29) is 0 Å². The minimum absolute atomic E-state index is 0.566. The summed E-state index contributed by atoms with van der Waals surface area (Å²) in [6, 6.07) is 0. The standard InChI is InChI=1S/C13H25N5/c1-2-11-6-5-7-12(10-11)13-15-16-17-18(13)9-4-3-8-14/h11-12H,2-10,14H2,1H3. The zero-order chi connectivity index (χ0) is 12.8. The van der Waals surface area contributed by atoms with Crippen LogP contribution in [-0.2, 0) is 6.54 Å². The summed E-state index contributed by atoms with van der Waals surface area (Å²) in [7, 11) is 0. The minimum atomic E-state index is 0.566. The van der Waals surface area contributed by atoms with Gasteiger partial charge in [0.2, 0.25) is 0 Å². The maximum atomic E-state index is 5.52. The van der Waals surface area contributed by atoms with Gasteiger partial charge in [0.1, 0.15) is 0 Å². The second-order valence-corrected chi connectivity index (χ2v) is 5.39. The highest BCUT2D eigenvalue weighted by atomic mass is 15.5. The van der Waals surface area contributed by atoms with Crippen LogP contribution in [0.1, 0.15) is 63.6 Å². The highest BCUT2D eigenvalue weighted by Gasteiger charge is 2.26. The summed E-state index contributed by atoms with van der Waals surface area (Å²) in [5.41, 5.74) is 5.52. The zero-order valence-corrected chi connectivity index (χ0v) is 11.4. The first-order valence-electron chi connectivity index (χ1n) is 7.31. The summed E-state index contributed by atoms with van der Waals surface area (Å²) >= 11 is 0. The number of aromatic nitrogens is 4. The van der Waals surface area contributed by atoms with Crippen LogP contribution in [0.4, 0.5) is 0 Å². The van der Waals surface area contributed by atoms with Crippen molar-refractivity contribution < 1.29 is 0 Å². The molecular formula is C13H25N5. The fourth-order valence-electron chi connectivity index (χ4n) is 2.97. The van der Waals surface area contributed by atoms with Gasteiger partial charge in [-0.1, -0.05) is 26.2 Å². The molecule has 1 heterocycles. The lowest BCUT2D eigenvalue weighted by Gasteiger charge is -2.27. The van der Waals surface area contributed by atoms with E-state index in [4.69, 9.17) is 5.73 Å². The van der Waals surface area contributed by atoms with Gasteiger partial charge in [-0.15, -0.1) is 5.10 Å². The molecule has 1 aromatic rings. The molecule has 0 amide bonds. The van der Waals surface area contributed by atoms with Crippen molar-refractivity contribution in [3.63, 3.8) is 0 Å². The van der Waals surface area contributed by atoms with Crippen LogP contribution in [0.3, 0.4) is 0 Å². The third kappa shape index (κ3) is 3.28. The van der Waals surface area contributed by atoms with E-state index in [1.54, 1.807) is 0 Å². The first kappa shape index (κ1) is 13.5. The highest BCUT2D eigenvalue weighted by molar-refractivity contribution is 4.96. The normalized spacial score (nSPS) is 24.3. The fraction of sp³-hybridized carbons (Fsp3) is 0.923. The molecule has 0 radical (unpaired) electrons. The number of rotatable bonds is 6. The van der Waals surface area contributed by atoms with Gasteiger partial charge in [0.05, 0.1) is 0 Å². The van der Waals surface area contributed by atoms with Gasteiger partial charge >= 0.3 is 0 Å². The SMILES string of the molecule is CCC1CCCC(c2nnnn2CCCCN)C1. The molecule has 0 aromatic carbocycles. The van der Waals surface area contributed by atoms with Crippen LogP contribution in [0.15, 0.2) is 0 Å². The van der Waals surface area contributed by atoms with E-state index >= 15 is 0 Å². The Morgan fingerprint density at radius 3 is 3.00 bits per heavy atom. The molecule has 1 saturated carbocycles. The first-order chi connectivity index (χ1) is 8.85. The van der Waals surface area contributed by atoms with Gasteiger partial charge in [0, 0.05) is 12.5 Å². The number of tetrazole rings is 1. The smallest absolute Gasteiger partial charge is 0.154 e. The van der Waals surface area contributed by atoms with Gasteiger partial charge in [-0.05, 0) is 48.6 Å². The van der Waals surface area contributed by atoms with E-state index in [0.29, 0.717) is 5.92 Å². The van der Waals surface area contributed by atoms with Crippen molar-refractivity contribution in [2.24, 2.45) is 11.7 Å². The van der Waals surface area contributed by atoms with Crippen LogP contribution in [0.2, 0.25) is 0 Å². The Morgan fingerprint density at radius 1 is 1.33 bits per heavy atom. The van der Waals surface area contributed by atoms with E-state index in [1.807, 2.05) is 4.68 Å². The van der Waals surface area contributed by atoms with E-state index < -0.39 is 0 Å². The Balaban J connectivity index is 1.97. The van der Waals surface area contributed by atoms with Crippen LogP contribution < -0.4 is 5.73 Å². The maximum Gasteiger partial charge on any atom is 0.154 e. The van der Waals surface area contributed by atoms with Crippen LogP contribution in [0.5, 0.6) is 0 Å². The average molecular weight is 251 g/mol. The van der Waals surface area contributed by atoms with Crippen molar-refractivity contribution in [3.05, 3.63) is 5.82 Å². The van der Waals surface area contributed by atoms with E-state index in [2.05, 4.69) is 22.4 Å². The predicted octanol–water partition coefficient (Wildman–Crippen LogP) is 2.10. The predicted molar refractivity (Wildman–Crippen MR) is 71.1 cm³/mol. The average Bonchev–Trinajstić information content (AvgIpc) is 2.87. The Morgan fingerprint density at radius 2 is 2.22 bits per heavy atom. The lowest BCUT2D eigenvalue weighted by atomic mass is 9.80. The number of hydrogen-bond acceptors (Lipinski definition) is 4. The number of nitrogens with zero attached hydrogens (tertiary/aromatic N) is 4. The number of unbranched alkanes of at least 4 members (excludes halogenated alkanes) is 1. The van der Waals surface area contributed by atoms with Crippen LogP contribution in [0, 0.1) is 5.92 Å². The molecule has 0 aliphatic heterocycles. The van der Waals surface area contributed by atoms with E-state index in [1.165, 1.54) is 32.1 Å². The van der Waals surface area contributed by atoms with Crippen molar-refractivity contribution in [1.29, 1.82) is 0 Å². The molecule has 2 N–H and O–H groups in total. The third-order valence-electron chi connectivity index (χ3n) is 4.11. The number of hydrogen-bond donors (Lipinski definition) is 1. The van der Waals surface area contributed by atoms with Crippen LogP contribution in [-0.4, -0.2) is 26.8 Å². The molecule has 1 aromatic heterocycles. The van der Waals surface area contributed by atoms with Crippen LogP contribution in [0.25, 0.3) is 0 Å². The largest absolute Gasteiger partial charge is 0.330 e. The van der Waals surface area contributed by atoms with Gasteiger partial charge < -0.3 is 5.73 Å². The quantitative estimate of drug-likeness (QED) is 0.786. The molecule has 5 heteroatoms. The Labute approximate surface area is 109 Å². The molecule has 0 bridgehead atoms. The highest BCUT2D eigenvalue weighted by Crippen LogP contribution is 2.36. The van der Waals surface area contributed by atoms with Crippen molar-refractivity contribution >= 4 is 0 Å².